The second-order valence-corrected chi connectivity index (χ2v) is 10.6. The molecule has 1 saturated heterocycles. The number of rotatable bonds is 7. The maximum atomic E-state index is 13.3. The molecular weight excluding hydrogens is 443 g/mol. The first kappa shape index (κ1) is 23.6. The number of amides is 1. The van der Waals surface area contributed by atoms with Crippen molar-refractivity contribution in [3.05, 3.63) is 71.6 Å². The monoisotopic (exact) mass is 472 g/mol. The number of nitrogens with zero attached hydrogens (tertiary/aromatic N) is 1. The van der Waals surface area contributed by atoms with Crippen molar-refractivity contribution in [3.8, 4) is 0 Å². The van der Waals surface area contributed by atoms with E-state index in [1.165, 1.54) is 22.5 Å². The van der Waals surface area contributed by atoms with Crippen molar-refractivity contribution in [1.29, 1.82) is 0 Å². The zero-order valence-electron chi connectivity index (χ0n) is 18.5. The number of nitrogens with one attached hydrogen (secondary N) is 1. The molecule has 1 aliphatic carbocycles. The largest absolute Gasteiger partial charge is 0.379 e. The van der Waals surface area contributed by atoms with Gasteiger partial charge in [-0.05, 0) is 54.3 Å². The van der Waals surface area contributed by atoms with Crippen LogP contribution in [0.1, 0.15) is 36.8 Å². The topological polar surface area (TPSA) is 75.7 Å². The molecule has 1 aliphatic heterocycles. The van der Waals surface area contributed by atoms with Crippen molar-refractivity contribution < 1.29 is 22.3 Å². The average Bonchev–Trinajstić information content (AvgIpc) is 3.33. The SMILES string of the molecule is O=C(/C=C/c1ccc(S(=O)(=O)N2CCOCC2)cc1)NCC1(c2ccc(F)cc2)CCCC1. The normalized spacial score (nSPS) is 19.1. The van der Waals surface area contributed by atoms with E-state index in [4.69, 9.17) is 4.74 Å². The lowest BCUT2D eigenvalue weighted by atomic mass is 9.79. The average molecular weight is 473 g/mol. The molecule has 6 nitrogen and oxygen atoms in total. The van der Waals surface area contributed by atoms with E-state index in [2.05, 4.69) is 5.32 Å². The maximum Gasteiger partial charge on any atom is 0.244 e. The van der Waals surface area contributed by atoms with Gasteiger partial charge < -0.3 is 10.1 Å². The molecule has 8 heteroatoms. The molecule has 0 spiro atoms. The van der Waals surface area contributed by atoms with Gasteiger partial charge in [0.1, 0.15) is 5.82 Å². The zero-order valence-corrected chi connectivity index (χ0v) is 19.3. The summed E-state index contributed by atoms with van der Waals surface area (Å²) < 4.78 is 45.4. The van der Waals surface area contributed by atoms with Gasteiger partial charge in [-0.25, -0.2) is 12.8 Å². The summed E-state index contributed by atoms with van der Waals surface area (Å²) in [6.07, 6.45) is 7.22. The smallest absolute Gasteiger partial charge is 0.244 e. The van der Waals surface area contributed by atoms with Crippen molar-refractivity contribution in [2.75, 3.05) is 32.8 Å². The van der Waals surface area contributed by atoms with E-state index >= 15 is 0 Å². The predicted molar refractivity (Wildman–Crippen MR) is 125 cm³/mol. The maximum absolute atomic E-state index is 13.3. The molecule has 2 aliphatic rings. The fourth-order valence-corrected chi connectivity index (χ4v) is 6.00. The molecular formula is C25H29FN2O4S. The molecule has 1 amide bonds. The second kappa shape index (κ2) is 10.2. The molecule has 0 aromatic heterocycles. The molecule has 2 fully saturated rings. The Balaban J connectivity index is 1.37. The van der Waals surface area contributed by atoms with E-state index in [1.54, 1.807) is 30.3 Å². The summed E-state index contributed by atoms with van der Waals surface area (Å²) in [4.78, 5) is 12.7. The van der Waals surface area contributed by atoms with Crippen LogP contribution in [0.4, 0.5) is 4.39 Å². The molecule has 0 atom stereocenters. The summed E-state index contributed by atoms with van der Waals surface area (Å²) in [5.41, 5.74) is 1.63. The first-order valence-electron chi connectivity index (χ1n) is 11.3. The Morgan fingerprint density at radius 3 is 2.30 bits per heavy atom. The minimum atomic E-state index is -3.54. The molecule has 0 unspecified atom stereocenters. The molecule has 4 rings (SSSR count). The van der Waals surface area contributed by atoms with Crippen LogP contribution >= 0.6 is 0 Å². The Bertz CT molecular complexity index is 1090. The van der Waals surface area contributed by atoms with Crippen molar-refractivity contribution in [2.24, 2.45) is 0 Å². The quantitative estimate of drug-likeness (QED) is 0.626. The molecule has 0 bridgehead atoms. The molecule has 1 N–H and O–H groups in total. The number of hydrogen-bond donors (Lipinski definition) is 1. The van der Waals surface area contributed by atoms with Gasteiger partial charge in [0.05, 0.1) is 18.1 Å². The van der Waals surface area contributed by atoms with Crippen LogP contribution in [0.2, 0.25) is 0 Å². The number of ether oxygens (including phenoxy) is 1. The number of hydrogen-bond acceptors (Lipinski definition) is 4. The zero-order chi connectivity index (χ0) is 23.3. The molecule has 0 radical (unpaired) electrons. The Morgan fingerprint density at radius 2 is 1.67 bits per heavy atom. The van der Waals surface area contributed by atoms with E-state index in [-0.39, 0.29) is 22.0 Å². The minimum absolute atomic E-state index is 0.160. The number of carbonyl (C=O) groups excluding carboxylic acids is 1. The van der Waals surface area contributed by atoms with Crippen LogP contribution in [0.5, 0.6) is 0 Å². The third kappa shape index (κ3) is 5.51. The van der Waals surface area contributed by atoms with Crippen molar-refractivity contribution in [2.45, 2.75) is 36.0 Å². The summed E-state index contributed by atoms with van der Waals surface area (Å²) >= 11 is 0. The van der Waals surface area contributed by atoms with E-state index < -0.39 is 10.0 Å². The van der Waals surface area contributed by atoms with Crippen LogP contribution in [0, 0.1) is 5.82 Å². The van der Waals surface area contributed by atoms with Gasteiger partial charge in [-0.1, -0.05) is 37.1 Å². The van der Waals surface area contributed by atoms with Gasteiger partial charge in [0.25, 0.3) is 0 Å². The first-order chi connectivity index (χ1) is 15.9. The second-order valence-electron chi connectivity index (χ2n) is 8.63. The van der Waals surface area contributed by atoms with E-state index in [9.17, 15) is 17.6 Å². The summed E-state index contributed by atoms with van der Waals surface area (Å²) in [6.45, 7) is 2.00. The Hall–Kier alpha value is -2.55. The van der Waals surface area contributed by atoms with Gasteiger partial charge in [0, 0.05) is 31.1 Å². The van der Waals surface area contributed by atoms with Crippen LogP contribution in [0.15, 0.2) is 59.5 Å². The highest BCUT2D eigenvalue weighted by Gasteiger charge is 2.35. The lowest BCUT2D eigenvalue weighted by molar-refractivity contribution is -0.116. The summed E-state index contributed by atoms with van der Waals surface area (Å²) in [5.74, 6) is -0.476. The Kier molecular flexibility index (Phi) is 7.26. The van der Waals surface area contributed by atoms with Crippen molar-refractivity contribution >= 4 is 22.0 Å². The van der Waals surface area contributed by atoms with Crippen LogP contribution in [0.3, 0.4) is 0 Å². The van der Waals surface area contributed by atoms with E-state index in [0.717, 1.165) is 36.8 Å². The van der Waals surface area contributed by atoms with Crippen LogP contribution in [0.25, 0.3) is 6.08 Å². The molecule has 1 heterocycles. The van der Waals surface area contributed by atoms with Gasteiger partial charge in [-0.15, -0.1) is 0 Å². The van der Waals surface area contributed by atoms with Gasteiger partial charge >= 0.3 is 0 Å². The number of benzene rings is 2. The van der Waals surface area contributed by atoms with Gasteiger partial charge in [-0.3, -0.25) is 4.79 Å². The summed E-state index contributed by atoms with van der Waals surface area (Å²) in [6, 6.07) is 13.1. The van der Waals surface area contributed by atoms with Crippen molar-refractivity contribution in [1.82, 2.24) is 9.62 Å². The van der Waals surface area contributed by atoms with Gasteiger partial charge in [-0.2, -0.15) is 4.31 Å². The third-order valence-corrected chi connectivity index (χ3v) is 8.45. The van der Waals surface area contributed by atoms with Crippen molar-refractivity contribution in [3.63, 3.8) is 0 Å². The molecule has 1 saturated carbocycles. The number of morpholine rings is 1. The van der Waals surface area contributed by atoms with E-state index in [1.807, 2.05) is 12.1 Å². The first-order valence-corrected chi connectivity index (χ1v) is 12.7. The standard InChI is InChI=1S/C25H29FN2O4S/c26-22-8-6-21(7-9-22)25(13-1-2-14-25)19-27-24(29)12-5-20-3-10-23(11-4-20)33(30,31)28-15-17-32-18-16-28/h3-12H,1-2,13-19H2,(H,27,29)/b12-5+. The predicted octanol–water partition coefficient (Wildman–Crippen LogP) is 3.49. The lowest BCUT2D eigenvalue weighted by Gasteiger charge is -2.29. The van der Waals surface area contributed by atoms with Crippen LogP contribution in [-0.4, -0.2) is 51.5 Å². The number of halogens is 1. The summed E-state index contributed by atoms with van der Waals surface area (Å²) in [7, 11) is -3.54. The van der Waals surface area contributed by atoms with E-state index in [0.29, 0.717) is 32.8 Å². The van der Waals surface area contributed by atoms with Gasteiger partial charge in [0.2, 0.25) is 15.9 Å². The minimum Gasteiger partial charge on any atom is -0.379 e. The highest BCUT2D eigenvalue weighted by Crippen LogP contribution is 2.40. The van der Waals surface area contributed by atoms with Crippen LogP contribution < -0.4 is 5.32 Å². The lowest BCUT2D eigenvalue weighted by Crippen LogP contribution is -2.40. The molecule has 2 aromatic carbocycles. The molecule has 2 aromatic rings. The fourth-order valence-electron chi connectivity index (χ4n) is 4.60. The van der Waals surface area contributed by atoms with Gasteiger partial charge in [0.15, 0.2) is 0 Å². The third-order valence-electron chi connectivity index (χ3n) is 6.53. The highest BCUT2D eigenvalue weighted by atomic mass is 32.2. The molecule has 33 heavy (non-hydrogen) atoms. The number of carbonyl (C=O) groups is 1. The highest BCUT2D eigenvalue weighted by molar-refractivity contribution is 7.89. The van der Waals surface area contributed by atoms with Crippen LogP contribution in [-0.2, 0) is 25.0 Å². The Labute approximate surface area is 194 Å². The molecule has 176 valence electrons. The Morgan fingerprint density at radius 1 is 1.03 bits per heavy atom. The number of sulfonamides is 1. The summed E-state index contributed by atoms with van der Waals surface area (Å²) in [5, 5.41) is 2.99. The fraction of sp³-hybridized carbons (Fsp3) is 0.400.